The summed E-state index contributed by atoms with van der Waals surface area (Å²) in [7, 11) is 0. The normalized spacial score (nSPS) is 18.7. The average molecular weight is 308 g/mol. The Bertz CT molecular complexity index is 594. The van der Waals surface area contributed by atoms with Gasteiger partial charge in [-0.3, -0.25) is 0 Å². The summed E-state index contributed by atoms with van der Waals surface area (Å²) in [5, 5.41) is 9.93. The molecule has 0 fully saturated rings. The summed E-state index contributed by atoms with van der Waals surface area (Å²) in [6.45, 7) is 0.846. The largest absolute Gasteiger partial charge is 0.507 e. The monoisotopic (exact) mass is 307 g/mol. The van der Waals surface area contributed by atoms with Crippen molar-refractivity contribution in [2.75, 3.05) is 0 Å². The summed E-state index contributed by atoms with van der Waals surface area (Å²) < 4.78 is 2.97. The van der Waals surface area contributed by atoms with Gasteiger partial charge in [-0.05, 0) is 34.5 Å². The minimum atomic E-state index is 0.197. The lowest BCUT2D eigenvalue weighted by Gasteiger charge is -2.22. The van der Waals surface area contributed by atoms with Crippen LogP contribution in [0.5, 0.6) is 5.75 Å². The maximum Gasteiger partial charge on any atom is 0.145 e. The van der Waals surface area contributed by atoms with Gasteiger partial charge in [-0.15, -0.1) is 0 Å². The number of aromatic hydroxyl groups is 1. The molecule has 0 aliphatic carbocycles. The van der Waals surface area contributed by atoms with Gasteiger partial charge in [0.2, 0.25) is 0 Å². The van der Waals surface area contributed by atoms with Crippen LogP contribution in [-0.4, -0.2) is 20.7 Å². The van der Waals surface area contributed by atoms with E-state index in [-0.39, 0.29) is 11.8 Å². The van der Waals surface area contributed by atoms with Crippen LogP contribution in [0.25, 0.3) is 11.4 Å². The fraction of sp³-hybridized carbons (Fsp3) is 0.308. The smallest absolute Gasteiger partial charge is 0.145 e. The van der Waals surface area contributed by atoms with Crippen molar-refractivity contribution in [3.63, 3.8) is 0 Å². The van der Waals surface area contributed by atoms with Crippen LogP contribution in [0.4, 0.5) is 0 Å². The third-order valence-electron chi connectivity index (χ3n) is 3.35. The molecule has 1 unspecified atom stereocenters. The molecule has 94 valence electrons. The maximum atomic E-state index is 9.93. The number of phenols is 1. The van der Waals surface area contributed by atoms with Gasteiger partial charge >= 0.3 is 0 Å². The molecule has 1 aromatic carbocycles. The molecule has 3 N–H and O–H groups in total. The predicted octanol–water partition coefficient (Wildman–Crippen LogP) is 2.29. The van der Waals surface area contributed by atoms with Crippen molar-refractivity contribution < 1.29 is 5.11 Å². The first kappa shape index (κ1) is 11.7. The number of hydrogen-bond acceptors (Lipinski definition) is 3. The fourth-order valence-electron chi connectivity index (χ4n) is 2.41. The lowest BCUT2D eigenvalue weighted by atomic mass is 10.1. The number of fused-ring (bicyclic) bond motifs is 1. The van der Waals surface area contributed by atoms with Gasteiger partial charge < -0.3 is 15.4 Å². The molecule has 0 spiro atoms. The second-order valence-electron chi connectivity index (χ2n) is 4.59. The molecule has 1 aliphatic heterocycles. The van der Waals surface area contributed by atoms with Gasteiger partial charge in [0.1, 0.15) is 16.2 Å². The zero-order chi connectivity index (χ0) is 12.7. The Balaban J connectivity index is 2.15. The third kappa shape index (κ3) is 1.83. The van der Waals surface area contributed by atoms with Gasteiger partial charge in [-0.25, -0.2) is 4.98 Å². The molecule has 0 saturated carbocycles. The van der Waals surface area contributed by atoms with Gasteiger partial charge in [0.15, 0.2) is 0 Å². The minimum Gasteiger partial charge on any atom is -0.507 e. The van der Waals surface area contributed by atoms with Crippen LogP contribution < -0.4 is 5.73 Å². The number of imidazole rings is 1. The number of phenolic OH excluding ortho intramolecular Hbond substituents is 1. The van der Waals surface area contributed by atoms with Crippen molar-refractivity contribution in [2.45, 2.75) is 25.4 Å². The molecule has 2 heterocycles. The number of para-hydroxylation sites is 1. The molecule has 1 aliphatic rings. The van der Waals surface area contributed by atoms with Crippen molar-refractivity contribution in [3.05, 3.63) is 34.6 Å². The number of benzene rings is 1. The molecule has 0 radical (unpaired) electrons. The number of nitrogens with zero attached hydrogens (tertiary/aromatic N) is 2. The summed E-state index contributed by atoms with van der Waals surface area (Å²) >= 11 is 3.48. The maximum absolute atomic E-state index is 9.93. The van der Waals surface area contributed by atoms with Crippen LogP contribution in [0.15, 0.2) is 28.9 Å². The highest BCUT2D eigenvalue weighted by Crippen LogP contribution is 2.33. The van der Waals surface area contributed by atoms with Crippen molar-refractivity contribution in [1.82, 2.24) is 9.55 Å². The predicted molar refractivity (Wildman–Crippen MR) is 73.3 cm³/mol. The van der Waals surface area contributed by atoms with E-state index in [1.165, 1.54) is 0 Å². The van der Waals surface area contributed by atoms with Crippen LogP contribution >= 0.6 is 15.9 Å². The van der Waals surface area contributed by atoms with Crippen molar-refractivity contribution in [3.8, 4) is 17.1 Å². The first-order chi connectivity index (χ1) is 8.66. The van der Waals surface area contributed by atoms with E-state index in [0.717, 1.165) is 41.1 Å². The van der Waals surface area contributed by atoms with Crippen LogP contribution in [0.3, 0.4) is 0 Å². The highest BCUT2D eigenvalue weighted by Gasteiger charge is 2.24. The average Bonchev–Trinajstić information content (AvgIpc) is 2.67. The molecular weight excluding hydrogens is 294 g/mol. The number of hydrogen-bond donors (Lipinski definition) is 2. The van der Waals surface area contributed by atoms with Crippen LogP contribution in [0, 0.1) is 0 Å². The summed E-state index contributed by atoms with van der Waals surface area (Å²) in [4.78, 5) is 4.52. The molecule has 5 heteroatoms. The Hall–Kier alpha value is -1.33. The van der Waals surface area contributed by atoms with Crippen molar-refractivity contribution in [2.24, 2.45) is 5.73 Å². The molecule has 1 atom stereocenters. The lowest BCUT2D eigenvalue weighted by Crippen LogP contribution is -2.30. The number of aromatic nitrogens is 2. The van der Waals surface area contributed by atoms with E-state index in [1.54, 1.807) is 6.07 Å². The number of rotatable bonds is 1. The summed E-state index contributed by atoms with van der Waals surface area (Å²) in [6.07, 6.45) is 1.76. The molecule has 0 bridgehead atoms. The molecule has 1 aromatic heterocycles. The highest BCUT2D eigenvalue weighted by atomic mass is 79.9. The van der Waals surface area contributed by atoms with E-state index >= 15 is 0 Å². The topological polar surface area (TPSA) is 64.1 Å². The number of halogens is 1. The van der Waals surface area contributed by atoms with Crippen LogP contribution in [-0.2, 0) is 13.0 Å². The van der Waals surface area contributed by atoms with E-state index in [9.17, 15) is 5.11 Å². The second-order valence-corrected chi connectivity index (χ2v) is 5.35. The summed E-state index contributed by atoms with van der Waals surface area (Å²) in [5.74, 6) is 1.06. The Morgan fingerprint density at radius 3 is 2.94 bits per heavy atom. The molecule has 0 amide bonds. The molecule has 4 nitrogen and oxygen atoms in total. The Labute approximate surface area is 114 Å². The van der Waals surface area contributed by atoms with Crippen molar-refractivity contribution in [1.29, 1.82) is 0 Å². The fourth-order valence-corrected chi connectivity index (χ4v) is 2.95. The Morgan fingerprint density at radius 1 is 1.39 bits per heavy atom. The summed E-state index contributed by atoms with van der Waals surface area (Å²) in [6, 6.07) is 7.47. The van der Waals surface area contributed by atoms with Gasteiger partial charge in [-0.1, -0.05) is 12.1 Å². The second kappa shape index (κ2) is 4.40. The van der Waals surface area contributed by atoms with E-state index in [0.29, 0.717) is 0 Å². The Morgan fingerprint density at radius 2 is 2.17 bits per heavy atom. The summed E-state index contributed by atoms with van der Waals surface area (Å²) in [5.41, 5.74) is 7.87. The van der Waals surface area contributed by atoms with E-state index in [4.69, 9.17) is 5.73 Å². The van der Waals surface area contributed by atoms with Crippen molar-refractivity contribution >= 4 is 15.9 Å². The van der Waals surface area contributed by atoms with Gasteiger partial charge in [0, 0.05) is 19.0 Å². The first-order valence-electron chi connectivity index (χ1n) is 5.95. The van der Waals surface area contributed by atoms with E-state index in [2.05, 4.69) is 25.5 Å². The standard InChI is InChI=1S/C13H14BrN3O/c14-12-10-7-8(15)5-6-17(10)13(16-12)9-3-1-2-4-11(9)18/h1-4,8,18H,5-7,15H2. The van der Waals surface area contributed by atoms with Gasteiger partial charge in [0.25, 0.3) is 0 Å². The molecule has 18 heavy (non-hydrogen) atoms. The zero-order valence-electron chi connectivity index (χ0n) is 9.81. The number of nitrogens with two attached hydrogens (primary N) is 1. The van der Waals surface area contributed by atoms with Gasteiger partial charge in [0.05, 0.1) is 11.3 Å². The van der Waals surface area contributed by atoms with Crippen LogP contribution in [0.2, 0.25) is 0 Å². The first-order valence-corrected chi connectivity index (χ1v) is 6.75. The van der Waals surface area contributed by atoms with Crippen LogP contribution in [0.1, 0.15) is 12.1 Å². The van der Waals surface area contributed by atoms with E-state index < -0.39 is 0 Å². The molecule has 2 aromatic rings. The molecule has 0 saturated heterocycles. The molecule has 3 rings (SSSR count). The van der Waals surface area contributed by atoms with Gasteiger partial charge in [-0.2, -0.15) is 0 Å². The molecular formula is C13H14BrN3O. The highest BCUT2D eigenvalue weighted by molar-refractivity contribution is 9.10. The lowest BCUT2D eigenvalue weighted by molar-refractivity contribution is 0.466. The quantitative estimate of drug-likeness (QED) is 0.849. The zero-order valence-corrected chi connectivity index (χ0v) is 11.4. The Kier molecular flexibility index (Phi) is 2.87. The third-order valence-corrected chi connectivity index (χ3v) is 3.98. The SMILES string of the molecule is NC1CCn2c(-c3ccccc3O)nc(Br)c2C1. The minimum absolute atomic E-state index is 0.197. The van der Waals surface area contributed by atoms with E-state index in [1.807, 2.05) is 18.2 Å².